The van der Waals surface area contributed by atoms with Crippen molar-refractivity contribution in [1.82, 2.24) is 4.98 Å². The number of aryl methyl sites for hydroxylation is 1. The van der Waals surface area contributed by atoms with Gasteiger partial charge >= 0.3 is 0 Å². The maximum Gasteiger partial charge on any atom is 0.170 e. The number of aromatic nitrogens is 1. The van der Waals surface area contributed by atoms with Crippen molar-refractivity contribution in [1.29, 1.82) is 0 Å². The van der Waals surface area contributed by atoms with Crippen LogP contribution in [-0.4, -0.2) is 15.9 Å². The topological polar surface area (TPSA) is 62.2 Å². The third kappa shape index (κ3) is 4.44. The lowest BCUT2D eigenvalue weighted by atomic mass is 9.82. The van der Waals surface area contributed by atoms with Crippen LogP contribution in [0.15, 0.2) is 54.7 Å². The molecule has 0 saturated heterocycles. The highest BCUT2D eigenvalue weighted by Crippen LogP contribution is 2.41. The number of Topliss-reactive ketones (excluding diaryl/α,β-unsaturated/α-hetero) is 1. The van der Waals surface area contributed by atoms with E-state index < -0.39 is 11.6 Å². The average Bonchev–Trinajstić information content (AvgIpc) is 3.66. The molecule has 0 amide bonds. The number of hydrogen-bond donors (Lipinski definition) is 2. The Morgan fingerprint density at radius 2 is 1.86 bits per heavy atom. The van der Waals surface area contributed by atoms with Crippen molar-refractivity contribution < 1.29 is 14.3 Å². The zero-order chi connectivity index (χ0) is 25.8. The van der Waals surface area contributed by atoms with E-state index in [1.54, 1.807) is 6.20 Å². The van der Waals surface area contributed by atoms with E-state index in [1.165, 1.54) is 17.7 Å². The quantitative estimate of drug-likeness (QED) is 0.269. The fourth-order valence-corrected chi connectivity index (χ4v) is 5.10. The molecule has 4 nitrogen and oxygen atoms in total. The molecule has 3 aromatic carbocycles. The molecule has 1 fully saturated rings. The van der Waals surface area contributed by atoms with E-state index in [1.807, 2.05) is 30.3 Å². The average molecular weight is 503 g/mol. The largest absolute Gasteiger partial charge is 0.504 e. The van der Waals surface area contributed by atoms with Crippen LogP contribution in [0.4, 0.5) is 15.8 Å². The maximum absolute atomic E-state index is 14.3. The van der Waals surface area contributed by atoms with Crippen LogP contribution in [0.5, 0.6) is 5.75 Å². The molecule has 6 heteroatoms. The summed E-state index contributed by atoms with van der Waals surface area (Å²) >= 11 is 6.05. The summed E-state index contributed by atoms with van der Waals surface area (Å²) in [7, 11) is 0. The van der Waals surface area contributed by atoms with Gasteiger partial charge in [-0.1, -0.05) is 50.6 Å². The summed E-state index contributed by atoms with van der Waals surface area (Å²) in [5, 5.41) is 14.1. The number of ketones is 1. The normalized spacial score (nSPS) is 13.7. The van der Waals surface area contributed by atoms with Crippen LogP contribution in [0.2, 0.25) is 5.02 Å². The van der Waals surface area contributed by atoms with Crippen molar-refractivity contribution in [3.8, 4) is 16.9 Å². The highest BCUT2D eigenvalue weighted by Gasteiger charge is 2.33. The van der Waals surface area contributed by atoms with Crippen LogP contribution in [0, 0.1) is 18.7 Å². The van der Waals surface area contributed by atoms with Gasteiger partial charge in [0.15, 0.2) is 17.3 Å². The van der Waals surface area contributed by atoms with E-state index in [2.05, 4.69) is 44.1 Å². The SMILES string of the molecule is Cc1cccc(Nc2c(C(=O)C3CC3)cnc3ccc(-c4cc(F)c(O)c(Cl)c4)cc23)c1C(C)(C)C. The predicted octanol–water partition coefficient (Wildman–Crippen LogP) is 8.34. The number of rotatable bonds is 5. The number of anilines is 2. The van der Waals surface area contributed by atoms with Crippen LogP contribution in [0.1, 0.15) is 55.1 Å². The van der Waals surface area contributed by atoms with E-state index in [4.69, 9.17) is 11.6 Å². The van der Waals surface area contributed by atoms with Crippen molar-refractivity contribution in [2.24, 2.45) is 5.92 Å². The number of carbonyl (C=O) groups excluding carboxylic acids is 1. The molecule has 1 aromatic heterocycles. The number of nitrogens with one attached hydrogen (secondary N) is 1. The second-order valence-electron chi connectivity index (χ2n) is 10.6. The Bertz CT molecular complexity index is 1500. The van der Waals surface area contributed by atoms with Gasteiger partial charge in [0.1, 0.15) is 0 Å². The van der Waals surface area contributed by atoms with Gasteiger partial charge in [-0.3, -0.25) is 9.78 Å². The third-order valence-electron chi connectivity index (χ3n) is 6.71. The van der Waals surface area contributed by atoms with Crippen molar-refractivity contribution in [3.63, 3.8) is 0 Å². The molecule has 1 saturated carbocycles. The summed E-state index contributed by atoms with van der Waals surface area (Å²) in [6, 6.07) is 14.5. The maximum atomic E-state index is 14.3. The Balaban J connectivity index is 1.73. The van der Waals surface area contributed by atoms with Crippen LogP contribution in [0.3, 0.4) is 0 Å². The van der Waals surface area contributed by atoms with Gasteiger partial charge < -0.3 is 10.4 Å². The molecular formula is C30H28ClFN2O2. The minimum atomic E-state index is -0.790. The van der Waals surface area contributed by atoms with Gasteiger partial charge in [0.25, 0.3) is 0 Å². The number of aromatic hydroxyl groups is 1. The van der Waals surface area contributed by atoms with Gasteiger partial charge in [0.05, 0.1) is 21.8 Å². The molecule has 0 radical (unpaired) electrons. The standard InChI is InChI=1S/C30H28ClFN2O2/c1-16-6-5-7-25(26(16)30(2,3)4)34-27-20-12-18(19-13-22(31)29(36)23(32)14-19)10-11-24(20)33-15-21(27)28(35)17-8-9-17/h5-7,10-15,17,36H,8-9H2,1-4H3,(H,33,34). The summed E-state index contributed by atoms with van der Waals surface area (Å²) in [5.41, 5.74) is 6.32. The molecule has 0 unspecified atom stereocenters. The zero-order valence-electron chi connectivity index (χ0n) is 20.7. The number of nitrogens with zero attached hydrogens (tertiary/aromatic N) is 1. The smallest absolute Gasteiger partial charge is 0.170 e. The van der Waals surface area contributed by atoms with E-state index in [9.17, 15) is 14.3 Å². The third-order valence-corrected chi connectivity index (χ3v) is 7.00. The lowest BCUT2D eigenvalue weighted by Gasteiger charge is -2.26. The van der Waals surface area contributed by atoms with Gasteiger partial charge in [-0.2, -0.15) is 0 Å². The summed E-state index contributed by atoms with van der Waals surface area (Å²) in [6.45, 7) is 8.60. The van der Waals surface area contributed by atoms with Crippen molar-refractivity contribution in [2.45, 2.75) is 46.0 Å². The van der Waals surface area contributed by atoms with Gasteiger partial charge in [-0.25, -0.2) is 4.39 Å². The minimum absolute atomic E-state index is 0.0255. The number of halogens is 2. The molecule has 1 aliphatic carbocycles. The number of pyridine rings is 1. The Hall–Kier alpha value is -3.44. The molecule has 0 aliphatic heterocycles. The van der Waals surface area contributed by atoms with E-state index in [0.717, 1.165) is 29.5 Å². The van der Waals surface area contributed by atoms with Crippen LogP contribution in [-0.2, 0) is 5.41 Å². The Labute approximate surface area is 215 Å². The summed E-state index contributed by atoms with van der Waals surface area (Å²) in [4.78, 5) is 17.9. The molecule has 1 aliphatic rings. The van der Waals surface area contributed by atoms with Crippen molar-refractivity contribution in [2.75, 3.05) is 5.32 Å². The Morgan fingerprint density at radius 1 is 1.11 bits per heavy atom. The molecule has 1 heterocycles. The number of phenolic OH excluding ortho intramolecular Hbond substituents is 1. The van der Waals surface area contributed by atoms with Gasteiger partial charge in [-0.15, -0.1) is 0 Å². The first-order chi connectivity index (χ1) is 17.0. The molecule has 5 rings (SSSR count). The van der Waals surface area contributed by atoms with Gasteiger partial charge in [0, 0.05) is 23.2 Å². The van der Waals surface area contributed by atoms with E-state index >= 15 is 0 Å². The molecule has 0 spiro atoms. The Kier molecular flexibility index (Phi) is 6.00. The minimum Gasteiger partial charge on any atom is -0.504 e. The Morgan fingerprint density at radius 3 is 2.53 bits per heavy atom. The molecule has 0 atom stereocenters. The van der Waals surface area contributed by atoms with E-state index in [-0.39, 0.29) is 22.1 Å². The first-order valence-electron chi connectivity index (χ1n) is 12.1. The van der Waals surface area contributed by atoms with Crippen LogP contribution >= 0.6 is 11.6 Å². The molecule has 36 heavy (non-hydrogen) atoms. The second kappa shape index (κ2) is 8.90. The lowest BCUT2D eigenvalue weighted by Crippen LogP contribution is -2.16. The number of fused-ring (bicyclic) bond motifs is 1. The predicted molar refractivity (Wildman–Crippen MR) is 144 cm³/mol. The number of carbonyl (C=O) groups is 1. The summed E-state index contributed by atoms with van der Waals surface area (Å²) in [5.74, 6) is -1.25. The van der Waals surface area contributed by atoms with Gasteiger partial charge in [-0.05, 0) is 77.8 Å². The second-order valence-corrected chi connectivity index (χ2v) is 11.0. The van der Waals surface area contributed by atoms with Crippen LogP contribution in [0.25, 0.3) is 22.0 Å². The van der Waals surface area contributed by atoms with Crippen molar-refractivity contribution >= 4 is 39.7 Å². The molecular weight excluding hydrogens is 475 g/mol. The van der Waals surface area contributed by atoms with E-state index in [0.29, 0.717) is 27.9 Å². The molecule has 0 bridgehead atoms. The lowest BCUT2D eigenvalue weighted by molar-refractivity contribution is 0.0968. The number of phenols is 1. The number of benzene rings is 3. The molecule has 2 N–H and O–H groups in total. The van der Waals surface area contributed by atoms with Crippen LogP contribution < -0.4 is 5.32 Å². The first-order valence-corrected chi connectivity index (χ1v) is 12.4. The highest BCUT2D eigenvalue weighted by atomic mass is 35.5. The molecule has 4 aromatic rings. The van der Waals surface area contributed by atoms with Gasteiger partial charge in [0.2, 0.25) is 0 Å². The van der Waals surface area contributed by atoms with Crippen molar-refractivity contribution in [3.05, 3.63) is 82.3 Å². The summed E-state index contributed by atoms with van der Waals surface area (Å²) in [6.07, 6.45) is 3.44. The summed E-state index contributed by atoms with van der Waals surface area (Å²) < 4.78 is 14.3. The zero-order valence-corrected chi connectivity index (χ0v) is 21.5. The molecule has 184 valence electrons. The number of hydrogen-bond acceptors (Lipinski definition) is 4. The fourth-order valence-electron chi connectivity index (χ4n) is 4.89. The highest BCUT2D eigenvalue weighted by molar-refractivity contribution is 6.32. The fraction of sp³-hybridized carbons (Fsp3) is 0.267. The monoisotopic (exact) mass is 502 g/mol. The first kappa shape index (κ1) is 24.3.